The molecule has 0 spiro atoms. The van der Waals surface area contributed by atoms with Crippen molar-refractivity contribution >= 4 is 17.6 Å². The number of anilines is 1. The number of rotatable bonds is 5. The summed E-state index contributed by atoms with van der Waals surface area (Å²) in [6.07, 6.45) is 5.30. The summed E-state index contributed by atoms with van der Waals surface area (Å²) in [4.78, 5) is 26.7. The predicted molar refractivity (Wildman–Crippen MR) is 88.4 cm³/mol. The van der Waals surface area contributed by atoms with Crippen LogP contribution >= 0.6 is 0 Å². The molecule has 6 nitrogen and oxygen atoms in total. The molecule has 0 atom stereocenters. The highest BCUT2D eigenvalue weighted by atomic mass is 19.1. The van der Waals surface area contributed by atoms with Crippen LogP contribution in [0.5, 0.6) is 5.75 Å². The fraction of sp³-hybridized carbons (Fsp3) is 0.278. The van der Waals surface area contributed by atoms with E-state index in [9.17, 15) is 14.0 Å². The number of ether oxygens (including phenoxy) is 1. The highest BCUT2D eigenvalue weighted by Crippen LogP contribution is 2.27. The Kier molecular flexibility index (Phi) is 4.92. The molecule has 1 aliphatic rings. The van der Waals surface area contributed by atoms with E-state index in [2.05, 4.69) is 10.3 Å². The molecular formula is C18H17FN2O4. The first-order valence-corrected chi connectivity index (χ1v) is 8.00. The van der Waals surface area contributed by atoms with Gasteiger partial charge in [-0.1, -0.05) is 0 Å². The standard InChI is InChI=1S/C18H17FN2O4/c19-14-10-12(5-6-16(14)25-13-3-1-2-4-13)21-17(22)11-7-8-20-15(9-11)18(23)24/h5-10,13H,1-4H2,(H,21,22)(H,23,24). The topological polar surface area (TPSA) is 88.5 Å². The lowest BCUT2D eigenvalue weighted by atomic mass is 10.2. The van der Waals surface area contributed by atoms with Crippen LogP contribution in [0.25, 0.3) is 0 Å². The van der Waals surface area contributed by atoms with E-state index in [1.54, 1.807) is 6.07 Å². The van der Waals surface area contributed by atoms with Gasteiger partial charge in [-0.15, -0.1) is 0 Å². The van der Waals surface area contributed by atoms with Gasteiger partial charge in [0.2, 0.25) is 0 Å². The maximum atomic E-state index is 14.2. The molecule has 25 heavy (non-hydrogen) atoms. The summed E-state index contributed by atoms with van der Waals surface area (Å²) in [5.41, 5.74) is 0.146. The van der Waals surface area contributed by atoms with Crippen LogP contribution in [0, 0.1) is 5.82 Å². The number of hydrogen-bond donors (Lipinski definition) is 2. The van der Waals surface area contributed by atoms with E-state index >= 15 is 0 Å². The molecule has 1 fully saturated rings. The van der Waals surface area contributed by atoms with Gasteiger partial charge in [0.1, 0.15) is 5.69 Å². The zero-order valence-corrected chi connectivity index (χ0v) is 13.4. The molecule has 2 N–H and O–H groups in total. The average molecular weight is 344 g/mol. The van der Waals surface area contributed by atoms with Gasteiger partial charge in [-0.05, 0) is 49.9 Å². The van der Waals surface area contributed by atoms with Crippen LogP contribution in [-0.4, -0.2) is 28.1 Å². The number of carboxylic acid groups (broad SMARTS) is 1. The van der Waals surface area contributed by atoms with Crippen LogP contribution in [-0.2, 0) is 0 Å². The van der Waals surface area contributed by atoms with E-state index < -0.39 is 17.7 Å². The first kappa shape index (κ1) is 16.9. The maximum Gasteiger partial charge on any atom is 0.354 e. The van der Waals surface area contributed by atoms with Crippen LogP contribution < -0.4 is 10.1 Å². The van der Waals surface area contributed by atoms with Crippen LogP contribution in [0.3, 0.4) is 0 Å². The number of aromatic nitrogens is 1. The maximum absolute atomic E-state index is 14.2. The second kappa shape index (κ2) is 7.29. The fourth-order valence-electron chi connectivity index (χ4n) is 2.75. The lowest BCUT2D eigenvalue weighted by molar-refractivity contribution is 0.0690. The molecule has 1 heterocycles. The molecule has 0 saturated heterocycles. The summed E-state index contributed by atoms with van der Waals surface area (Å²) >= 11 is 0. The van der Waals surface area contributed by atoms with Gasteiger partial charge in [-0.25, -0.2) is 14.2 Å². The molecule has 1 aromatic carbocycles. The van der Waals surface area contributed by atoms with Gasteiger partial charge in [0.25, 0.3) is 5.91 Å². The number of carbonyl (C=O) groups excluding carboxylic acids is 1. The van der Waals surface area contributed by atoms with Gasteiger partial charge in [0.15, 0.2) is 11.6 Å². The Labute approximate surface area is 143 Å². The summed E-state index contributed by atoms with van der Waals surface area (Å²) < 4.78 is 19.8. The normalized spacial score (nSPS) is 14.3. The summed E-state index contributed by atoms with van der Waals surface area (Å²) in [7, 11) is 0. The number of aromatic carboxylic acids is 1. The SMILES string of the molecule is O=C(Nc1ccc(OC2CCCC2)c(F)c1)c1ccnc(C(=O)O)c1. The number of carboxylic acids is 1. The van der Waals surface area contributed by atoms with Crippen LogP contribution in [0.2, 0.25) is 0 Å². The third-order valence-corrected chi connectivity index (χ3v) is 4.03. The summed E-state index contributed by atoms with van der Waals surface area (Å²) in [5.74, 6) is -2.16. The monoisotopic (exact) mass is 344 g/mol. The summed E-state index contributed by atoms with van der Waals surface area (Å²) in [5, 5.41) is 11.4. The highest BCUT2D eigenvalue weighted by molar-refractivity contribution is 6.05. The van der Waals surface area contributed by atoms with E-state index in [4.69, 9.17) is 9.84 Å². The molecule has 130 valence electrons. The van der Waals surface area contributed by atoms with Crippen molar-refractivity contribution in [3.05, 3.63) is 53.6 Å². The molecule has 7 heteroatoms. The number of benzene rings is 1. The second-order valence-corrected chi connectivity index (χ2v) is 5.86. The van der Waals surface area contributed by atoms with Crippen molar-refractivity contribution in [2.75, 3.05) is 5.32 Å². The molecular weight excluding hydrogens is 327 g/mol. The Bertz CT molecular complexity index is 803. The lowest BCUT2D eigenvalue weighted by Crippen LogP contribution is -2.14. The van der Waals surface area contributed by atoms with Gasteiger partial charge in [-0.3, -0.25) is 4.79 Å². The molecule has 1 aliphatic carbocycles. The molecule has 3 rings (SSSR count). The zero-order valence-electron chi connectivity index (χ0n) is 13.4. The highest BCUT2D eigenvalue weighted by Gasteiger charge is 2.18. The minimum absolute atomic E-state index is 0.0428. The van der Waals surface area contributed by atoms with Crippen LogP contribution in [0.1, 0.15) is 46.5 Å². The van der Waals surface area contributed by atoms with Gasteiger partial charge >= 0.3 is 5.97 Å². The summed E-state index contributed by atoms with van der Waals surface area (Å²) in [6.45, 7) is 0. The van der Waals surface area contributed by atoms with Crippen molar-refractivity contribution in [1.29, 1.82) is 0 Å². The van der Waals surface area contributed by atoms with E-state index in [0.29, 0.717) is 0 Å². The lowest BCUT2D eigenvalue weighted by Gasteiger charge is -2.14. The van der Waals surface area contributed by atoms with Gasteiger partial charge in [0, 0.05) is 23.5 Å². The number of nitrogens with one attached hydrogen (secondary N) is 1. The molecule has 0 radical (unpaired) electrons. The predicted octanol–water partition coefficient (Wildman–Crippen LogP) is 3.49. The Balaban J connectivity index is 1.70. The molecule has 2 aromatic rings. The van der Waals surface area contributed by atoms with Crippen LogP contribution in [0.4, 0.5) is 10.1 Å². The third-order valence-electron chi connectivity index (χ3n) is 4.03. The van der Waals surface area contributed by atoms with Gasteiger partial charge in [0.05, 0.1) is 6.10 Å². The van der Waals surface area contributed by atoms with Crippen molar-refractivity contribution in [2.45, 2.75) is 31.8 Å². The Morgan fingerprint density at radius 3 is 2.64 bits per heavy atom. The van der Waals surface area contributed by atoms with Crippen molar-refractivity contribution < 1.29 is 23.8 Å². The van der Waals surface area contributed by atoms with Crippen molar-refractivity contribution in [3.63, 3.8) is 0 Å². The van der Waals surface area contributed by atoms with E-state index in [1.165, 1.54) is 24.4 Å². The van der Waals surface area contributed by atoms with Crippen molar-refractivity contribution in [2.24, 2.45) is 0 Å². The Hall–Kier alpha value is -2.96. The molecule has 1 saturated carbocycles. The largest absolute Gasteiger partial charge is 0.487 e. The molecule has 0 aliphatic heterocycles. The molecule has 0 unspecified atom stereocenters. The Morgan fingerprint density at radius 1 is 1.20 bits per heavy atom. The van der Waals surface area contributed by atoms with Gasteiger partial charge < -0.3 is 15.2 Å². The number of halogens is 1. The number of pyridine rings is 1. The second-order valence-electron chi connectivity index (χ2n) is 5.86. The Morgan fingerprint density at radius 2 is 1.96 bits per heavy atom. The smallest absolute Gasteiger partial charge is 0.354 e. The first-order valence-electron chi connectivity index (χ1n) is 8.00. The third kappa shape index (κ3) is 4.12. The fourth-order valence-corrected chi connectivity index (χ4v) is 2.75. The number of nitrogens with zero attached hydrogens (tertiary/aromatic N) is 1. The van der Waals surface area contributed by atoms with Crippen molar-refractivity contribution in [1.82, 2.24) is 4.98 Å². The zero-order chi connectivity index (χ0) is 17.8. The first-order chi connectivity index (χ1) is 12.0. The van der Waals surface area contributed by atoms with Gasteiger partial charge in [-0.2, -0.15) is 0 Å². The number of carbonyl (C=O) groups is 2. The van der Waals surface area contributed by atoms with E-state index in [1.807, 2.05) is 0 Å². The average Bonchev–Trinajstić information content (AvgIpc) is 3.10. The van der Waals surface area contributed by atoms with Crippen LogP contribution in [0.15, 0.2) is 36.5 Å². The quantitative estimate of drug-likeness (QED) is 0.867. The summed E-state index contributed by atoms with van der Waals surface area (Å²) in [6, 6.07) is 6.76. The number of hydrogen-bond acceptors (Lipinski definition) is 4. The molecule has 1 amide bonds. The minimum atomic E-state index is -1.23. The molecule has 0 bridgehead atoms. The molecule has 1 aromatic heterocycles. The van der Waals surface area contributed by atoms with E-state index in [0.717, 1.165) is 31.7 Å². The van der Waals surface area contributed by atoms with E-state index in [-0.39, 0.29) is 28.8 Å². The minimum Gasteiger partial charge on any atom is -0.487 e. The van der Waals surface area contributed by atoms with Crippen molar-refractivity contribution in [3.8, 4) is 5.75 Å². The number of amides is 1.